The van der Waals surface area contributed by atoms with Gasteiger partial charge in [0.2, 0.25) is 0 Å². The van der Waals surface area contributed by atoms with Crippen LogP contribution in [-0.2, 0) is 9.47 Å². The molecule has 0 amide bonds. The average Bonchev–Trinajstić information content (AvgIpc) is 2.85. The third-order valence-corrected chi connectivity index (χ3v) is 3.82. The summed E-state index contributed by atoms with van der Waals surface area (Å²) in [7, 11) is 0. The zero-order chi connectivity index (χ0) is 12.1. The monoisotopic (exact) mass is 298 g/mol. The second-order valence-electron chi connectivity index (χ2n) is 4.56. The third kappa shape index (κ3) is 3.54. The third-order valence-electron chi connectivity index (χ3n) is 3.23. The Labute approximate surface area is 111 Å². The first kappa shape index (κ1) is 13.1. The lowest BCUT2D eigenvalue weighted by atomic mass is 10.0. The number of alkyl halides is 1. The highest BCUT2D eigenvalue weighted by molar-refractivity contribution is 9.09. The number of aryl methyl sites for hydroxylation is 1. The van der Waals surface area contributed by atoms with Gasteiger partial charge in [-0.25, -0.2) is 0 Å². The Morgan fingerprint density at radius 3 is 2.94 bits per heavy atom. The van der Waals surface area contributed by atoms with E-state index >= 15 is 0 Å². The molecule has 17 heavy (non-hydrogen) atoms. The molecule has 0 spiro atoms. The molecule has 1 aliphatic heterocycles. The summed E-state index contributed by atoms with van der Waals surface area (Å²) in [6.45, 7) is 4.66. The quantitative estimate of drug-likeness (QED) is 0.775. The lowest BCUT2D eigenvalue weighted by Gasteiger charge is -2.19. The molecule has 0 bridgehead atoms. The topological polar surface area (TPSA) is 18.5 Å². The minimum atomic E-state index is 0.150. The van der Waals surface area contributed by atoms with E-state index in [1.54, 1.807) is 0 Å². The summed E-state index contributed by atoms with van der Waals surface area (Å²) in [6, 6.07) is 8.41. The fourth-order valence-electron chi connectivity index (χ4n) is 2.13. The molecule has 1 aromatic rings. The van der Waals surface area contributed by atoms with Crippen LogP contribution < -0.4 is 0 Å². The zero-order valence-corrected chi connectivity index (χ0v) is 11.8. The first-order valence-corrected chi connectivity index (χ1v) is 7.24. The predicted octanol–water partition coefficient (Wildman–Crippen LogP) is 3.48. The molecule has 0 aromatic heterocycles. The van der Waals surface area contributed by atoms with Gasteiger partial charge >= 0.3 is 0 Å². The predicted molar refractivity (Wildman–Crippen MR) is 72.6 cm³/mol. The molecular formula is C14H19BrO2. The Morgan fingerprint density at radius 2 is 2.29 bits per heavy atom. The van der Waals surface area contributed by atoms with Crippen LogP contribution in [0.3, 0.4) is 0 Å². The van der Waals surface area contributed by atoms with E-state index in [4.69, 9.17) is 9.47 Å². The van der Waals surface area contributed by atoms with E-state index in [2.05, 4.69) is 47.1 Å². The maximum atomic E-state index is 6.02. The fourth-order valence-corrected chi connectivity index (χ4v) is 2.67. The standard InChI is InChI=1S/C14H19BrO2/c1-11-4-2-3-5-13(11)14(8-15)17-10-12-6-7-16-9-12/h2-5,12,14H,6-10H2,1H3. The number of halogens is 1. The van der Waals surface area contributed by atoms with Crippen molar-refractivity contribution in [3.63, 3.8) is 0 Å². The van der Waals surface area contributed by atoms with Gasteiger partial charge in [0.05, 0.1) is 19.3 Å². The maximum Gasteiger partial charge on any atom is 0.0924 e. The number of benzene rings is 1. The molecule has 1 saturated heterocycles. The highest BCUT2D eigenvalue weighted by Gasteiger charge is 2.19. The lowest BCUT2D eigenvalue weighted by molar-refractivity contribution is 0.0389. The first-order chi connectivity index (χ1) is 8.31. The van der Waals surface area contributed by atoms with Crippen LogP contribution in [-0.4, -0.2) is 25.2 Å². The zero-order valence-electron chi connectivity index (χ0n) is 10.2. The second kappa shape index (κ2) is 6.53. The minimum Gasteiger partial charge on any atom is -0.381 e. The van der Waals surface area contributed by atoms with E-state index < -0.39 is 0 Å². The second-order valence-corrected chi connectivity index (χ2v) is 5.21. The van der Waals surface area contributed by atoms with Crippen LogP contribution in [0.25, 0.3) is 0 Å². The Kier molecular flexibility index (Phi) is 5.01. The van der Waals surface area contributed by atoms with Gasteiger partial charge < -0.3 is 9.47 Å². The SMILES string of the molecule is Cc1ccccc1C(CBr)OCC1CCOC1. The molecule has 2 atom stereocenters. The molecule has 1 heterocycles. The van der Waals surface area contributed by atoms with Gasteiger partial charge in [-0.05, 0) is 24.5 Å². The van der Waals surface area contributed by atoms with Gasteiger partial charge in [-0.1, -0.05) is 40.2 Å². The molecule has 1 aromatic carbocycles. The van der Waals surface area contributed by atoms with Gasteiger partial charge in [0.25, 0.3) is 0 Å². The summed E-state index contributed by atoms with van der Waals surface area (Å²) in [5.41, 5.74) is 2.57. The molecule has 0 aliphatic carbocycles. The largest absolute Gasteiger partial charge is 0.381 e. The van der Waals surface area contributed by atoms with Crippen molar-refractivity contribution in [3.8, 4) is 0 Å². The van der Waals surface area contributed by atoms with Gasteiger partial charge in [0.1, 0.15) is 0 Å². The van der Waals surface area contributed by atoms with Gasteiger partial charge in [0, 0.05) is 17.9 Å². The summed E-state index contributed by atoms with van der Waals surface area (Å²) < 4.78 is 11.4. The molecule has 94 valence electrons. The van der Waals surface area contributed by atoms with E-state index in [-0.39, 0.29) is 6.10 Å². The fraction of sp³-hybridized carbons (Fsp3) is 0.571. The molecule has 2 nitrogen and oxygen atoms in total. The van der Waals surface area contributed by atoms with Crippen molar-refractivity contribution in [1.29, 1.82) is 0 Å². The number of rotatable bonds is 5. The number of hydrogen-bond acceptors (Lipinski definition) is 2. The highest BCUT2D eigenvalue weighted by Crippen LogP contribution is 2.25. The normalized spacial score (nSPS) is 21.6. The average molecular weight is 299 g/mol. The van der Waals surface area contributed by atoms with E-state index in [9.17, 15) is 0 Å². The molecule has 0 saturated carbocycles. The van der Waals surface area contributed by atoms with Gasteiger partial charge in [0.15, 0.2) is 0 Å². The van der Waals surface area contributed by atoms with Gasteiger partial charge in [-0.15, -0.1) is 0 Å². The molecule has 3 heteroatoms. The smallest absolute Gasteiger partial charge is 0.0924 e. The highest BCUT2D eigenvalue weighted by atomic mass is 79.9. The van der Waals surface area contributed by atoms with Crippen LogP contribution in [0.4, 0.5) is 0 Å². The maximum absolute atomic E-state index is 6.02. The van der Waals surface area contributed by atoms with Gasteiger partial charge in [-0.3, -0.25) is 0 Å². The Bertz CT molecular complexity index is 348. The Balaban J connectivity index is 1.94. The summed E-state index contributed by atoms with van der Waals surface area (Å²) in [5.74, 6) is 0.570. The number of ether oxygens (including phenoxy) is 2. The number of hydrogen-bond donors (Lipinski definition) is 0. The van der Waals surface area contributed by atoms with Crippen LogP contribution in [0.15, 0.2) is 24.3 Å². The van der Waals surface area contributed by atoms with Crippen LogP contribution in [0.2, 0.25) is 0 Å². The van der Waals surface area contributed by atoms with E-state index in [0.29, 0.717) is 5.92 Å². The van der Waals surface area contributed by atoms with Gasteiger partial charge in [-0.2, -0.15) is 0 Å². The molecule has 0 radical (unpaired) electrons. The van der Waals surface area contributed by atoms with Crippen molar-refractivity contribution in [3.05, 3.63) is 35.4 Å². The summed E-state index contributed by atoms with van der Waals surface area (Å²) in [6.07, 6.45) is 1.28. The molecular weight excluding hydrogens is 280 g/mol. The van der Waals surface area contributed by atoms with E-state index in [1.807, 2.05) is 0 Å². The van der Waals surface area contributed by atoms with Crippen LogP contribution in [0, 0.1) is 12.8 Å². The van der Waals surface area contributed by atoms with Crippen molar-refractivity contribution in [2.75, 3.05) is 25.2 Å². The van der Waals surface area contributed by atoms with Crippen molar-refractivity contribution >= 4 is 15.9 Å². The molecule has 2 rings (SSSR count). The minimum absolute atomic E-state index is 0.150. The van der Waals surface area contributed by atoms with Crippen molar-refractivity contribution < 1.29 is 9.47 Å². The summed E-state index contributed by atoms with van der Waals surface area (Å²) >= 11 is 3.54. The van der Waals surface area contributed by atoms with Crippen molar-refractivity contribution in [2.45, 2.75) is 19.4 Å². The Hall–Kier alpha value is -0.380. The van der Waals surface area contributed by atoms with Crippen LogP contribution in [0.1, 0.15) is 23.7 Å². The van der Waals surface area contributed by atoms with Crippen molar-refractivity contribution in [2.24, 2.45) is 5.92 Å². The first-order valence-electron chi connectivity index (χ1n) is 6.12. The summed E-state index contributed by atoms with van der Waals surface area (Å²) in [4.78, 5) is 0. The van der Waals surface area contributed by atoms with E-state index in [1.165, 1.54) is 11.1 Å². The van der Waals surface area contributed by atoms with Crippen molar-refractivity contribution in [1.82, 2.24) is 0 Å². The Morgan fingerprint density at radius 1 is 1.47 bits per heavy atom. The molecule has 2 unspecified atom stereocenters. The molecule has 1 fully saturated rings. The molecule has 1 aliphatic rings. The summed E-state index contributed by atoms with van der Waals surface area (Å²) in [5, 5.41) is 0.839. The van der Waals surface area contributed by atoms with Crippen LogP contribution in [0.5, 0.6) is 0 Å². The van der Waals surface area contributed by atoms with Crippen LogP contribution >= 0.6 is 15.9 Å². The molecule has 0 N–H and O–H groups in total. The lowest BCUT2D eigenvalue weighted by Crippen LogP contribution is -2.15. The van der Waals surface area contributed by atoms with E-state index in [0.717, 1.165) is 31.6 Å².